The number of hydrogen-bond acceptors (Lipinski definition) is 3. The van der Waals surface area contributed by atoms with Gasteiger partial charge in [-0.15, -0.1) is 0 Å². The third kappa shape index (κ3) is 5.80. The minimum Gasteiger partial charge on any atom is -0.345 e. The molecule has 33 heavy (non-hydrogen) atoms. The molecule has 7 nitrogen and oxygen atoms in total. The van der Waals surface area contributed by atoms with E-state index in [0.717, 1.165) is 16.8 Å². The van der Waals surface area contributed by atoms with Gasteiger partial charge in [0, 0.05) is 24.8 Å². The first-order valence-corrected chi connectivity index (χ1v) is 9.81. The number of amides is 3. The minimum absolute atomic E-state index is 0.0397. The van der Waals surface area contributed by atoms with Crippen molar-refractivity contribution in [2.24, 2.45) is 0 Å². The number of rotatable bonds is 5. The SMILES string of the molecule is CN(C)C(=O)c1ccc(NC(=O)NCc2cc(C(F)(F)F)nn2-c2cccc(Cl)c2)cc1F. The number of benzene rings is 2. The quantitative estimate of drug-likeness (QED) is 0.516. The van der Waals surface area contributed by atoms with Gasteiger partial charge in [0.15, 0.2) is 5.69 Å². The van der Waals surface area contributed by atoms with Crippen LogP contribution in [0.3, 0.4) is 0 Å². The molecule has 12 heteroatoms. The number of halogens is 5. The number of carbonyl (C=O) groups is 2. The Morgan fingerprint density at radius 2 is 1.85 bits per heavy atom. The molecule has 0 aliphatic carbocycles. The molecular formula is C21H18ClF4N5O2. The lowest BCUT2D eigenvalue weighted by atomic mass is 10.1. The molecule has 0 fully saturated rings. The van der Waals surface area contributed by atoms with Crippen molar-refractivity contribution in [3.8, 4) is 5.69 Å². The van der Waals surface area contributed by atoms with Crippen molar-refractivity contribution in [3.63, 3.8) is 0 Å². The van der Waals surface area contributed by atoms with Crippen LogP contribution < -0.4 is 10.6 Å². The number of nitrogens with zero attached hydrogens (tertiary/aromatic N) is 3. The second kappa shape index (κ2) is 9.49. The maximum atomic E-state index is 14.2. The van der Waals surface area contributed by atoms with Crippen molar-refractivity contribution in [2.75, 3.05) is 19.4 Å². The molecule has 3 rings (SSSR count). The van der Waals surface area contributed by atoms with E-state index in [2.05, 4.69) is 15.7 Å². The second-order valence-corrected chi connectivity index (χ2v) is 7.55. The second-order valence-electron chi connectivity index (χ2n) is 7.11. The summed E-state index contributed by atoms with van der Waals surface area (Å²) in [6, 6.07) is 9.58. The molecule has 0 radical (unpaired) electrons. The third-order valence-corrected chi connectivity index (χ3v) is 4.66. The summed E-state index contributed by atoms with van der Waals surface area (Å²) >= 11 is 5.92. The van der Waals surface area contributed by atoms with Crippen molar-refractivity contribution < 1.29 is 27.2 Å². The Morgan fingerprint density at radius 1 is 1.12 bits per heavy atom. The van der Waals surface area contributed by atoms with Crippen LogP contribution in [0.1, 0.15) is 21.7 Å². The highest BCUT2D eigenvalue weighted by Gasteiger charge is 2.35. The van der Waals surface area contributed by atoms with E-state index in [9.17, 15) is 27.2 Å². The molecule has 174 valence electrons. The fourth-order valence-corrected chi connectivity index (χ4v) is 3.05. The highest BCUT2D eigenvalue weighted by Crippen LogP contribution is 2.30. The summed E-state index contributed by atoms with van der Waals surface area (Å²) in [4.78, 5) is 25.3. The highest BCUT2D eigenvalue weighted by atomic mass is 35.5. The molecule has 2 aromatic carbocycles. The average molecular weight is 484 g/mol. The van der Waals surface area contributed by atoms with Crippen LogP contribution in [0.4, 0.5) is 28.0 Å². The van der Waals surface area contributed by atoms with Gasteiger partial charge in [0.2, 0.25) is 0 Å². The van der Waals surface area contributed by atoms with Crippen LogP contribution in [0.25, 0.3) is 5.69 Å². The van der Waals surface area contributed by atoms with Gasteiger partial charge in [0.25, 0.3) is 5.91 Å². The molecule has 3 aromatic rings. The van der Waals surface area contributed by atoms with E-state index in [1.807, 2.05) is 0 Å². The van der Waals surface area contributed by atoms with Crippen molar-refractivity contribution in [3.05, 3.63) is 76.3 Å². The maximum Gasteiger partial charge on any atom is 0.435 e. The Labute approximate surface area is 190 Å². The summed E-state index contributed by atoms with van der Waals surface area (Å²) < 4.78 is 54.8. The fourth-order valence-electron chi connectivity index (χ4n) is 2.87. The summed E-state index contributed by atoms with van der Waals surface area (Å²) in [5.74, 6) is -1.38. The van der Waals surface area contributed by atoms with E-state index in [1.165, 1.54) is 43.3 Å². The molecule has 3 amide bonds. The number of carbonyl (C=O) groups excluding carboxylic acids is 2. The lowest BCUT2D eigenvalue weighted by molar-refractivity contribution is -0.141. The van der Waals surface area contributed by atoms with Gasteiger partial charge >= 0.3 is 12.2 Å². The lowest BCUT2D eigenvalue weighted by Gasteiger charge is -2.13. The Bertz CT molecular complexity index is 1190. The highest BCUT2D eigenvalue weighted by molar-refractivity contribution is 6.30. The van der Waals surface area contributed by atoms with Crippen LogP contribution in [0.15, 0.2) is 48.5 Å². The van der Waals surface area contributed by atoms with Crippen molar-refractivity contribution in [1.82, 2.24) is 20.0 Å². The van der Waals surface area contributed by atoms with Gasteiger partial charge in [-0.25, -0.2) is 13.9 Å². The summed E-state index contributed by atoms with van der Waals surface area (Å²) in [5.41, 5.74) is -0.935. The smallest absolute Gasteiger partial charge is 0.345 e. The predicted octanol–water partition coefficient (Wildman–Crippen LogP) is 4.71. The molecule has 0 spiro atoms. The average Bonchev–Trinajstić information content (AvgIpc) is 3.17. The normalized spacial score (nSPS) is 11.2. The van der Waals surface area contributed by atoms with E-state index < -0.39 is 29.6 Å². The van der Waals surface area contributed by atoms with E-state index in [1.54, 1.807) is 12.1 Å². The number of nitrogens with one attached hydrogen (secondary N) is 2. The monoisotopic (exact) mass is 483 g/mol. The van der Waals surface area contributed by atoms with Crippen LogP contribution in [0.2, 0.25) is 5.02 Å². The zero-order valence-corrected chi connectivity index (χ0v) is 18.1. The minimum atomic E-state index is -4.69. The lowest BCUT2D eigenvalue weighted by Crippen LogP contribution is -2.29. The van der Waals surface area contributed by atoms with Crippen LogP contribution in [-0.2, 0) is 12.7 Å². The summed E-state index contributed by atoms with van der Waals surface area (Å²) in [7, 11) is 2.94. The summed E-state index contributed by atoms with van der Waals surface area (Å²) in [6.45, 7) is -0.318. The first kappa shape index (κ1) is 24.1. The van der Waals surface area contributed by atoms with Crippen LogP contribution in [-0.4, -0.2) is 40.7 Å². The number of anilines is 1. The topological polar surface area (TPSA) is 79.3 Å². The van der Waals surface area contributed by atoms with Gasteiger partial charge < -0.3 is 15.5 Å². The van der Waals surface area contributed by atoms with Gasteiger partial charge in [0.05, 0.1) is 23.5 Å². The van der Waals surface area contributed by atoms with Gasteiger partial charge in [-0.2, -0.15) is 18.3 Å². The standard InChI is InChI=1S/C21H18ClF4N5O2/c1-30(2)19(32)16-7-6-13(9-17(16)23)28-20(33)27-11-15-10-18(21(24,25)26)29-31(15)14-5-3-4-12(22)8-14/h3-10H,11H2,1-2H3,(H2,27,28,33). The summed E-state index contributed by atoms with van der Waals surface area (Å²) in [6.07, 6.45) is -4.69. The third-order valence-electron chi connectivity index (χ3n) is 4.42. The predicted molar refractivity (Wildman–Crippen MR) is 114 cm³/mol. The molecule has 0 aliphatic rings. The van der Waals surface area contributed by atoms with Crippen LogP contribution >= 0.6 is 11.6 Å². The Hall–Kier alpha value is -3.60. The van der Waals surface area contributed by atoms with Crippen molar-refractivity contribution in [1.29, 1.82) is 0 Å². The molecule has 0 saturated carbocycles. The molecular weight excluding hydrogens is 466 g/mol. The van der Waals surface area contributed by atoms with E-state index in [0.29, 0.717) is 5.02 Å². The number of aromatic nitrogens is 2. The maximum absolute atomic E-state index is 14.2. The molecule has 0 atom stereocenters. The van der Waals surface area contributed by atoms with Crippen LogP contribution in [0, 0.1) is 5.82 Å². The van der Waals surface area contributed by atoms with E-state index in [4.69, 9.17) is 11.6 Å². The van der Waals surface area contributed by atoms with Gasteiger partial charge in [-0.1, -0.05) is 17.7 Å². The first-order chi connectivity index (χ1) is 15.5. The molecule has 0 bridgehead atoms. The summed E-state index contributed by atoms with van der Waals surface area (Å²) in [5, 5.41) is 8.65. The van der Waals surface area contributed by atoms with Crippen molar-refractivity contribution in [2.45, 2.75) is 12.7 Å². The van der Waals surface area contributed by atoms with Crippen LogP contribution in [0.5, 0.6) is 0 Å². The Balaban J connectivity index is 1.75. The molecule has 2 N–H and O–H groups in total. The fraction of sp³-hybridized carbons (Fsp3) is 0.190. The van der Waals surface area contributed by atoms with Gasteiger partial charge in [0.1, 0.15) is 5.82 Å². The van der Waals surface area contributed by atoms with Crippen molar-refractivity contribution >= 4 is 29.2 Å². The molecule has 1 aromatic heterocycles. The Morgan fingerprint density at radius 3 is 2.45 bits per heavy atom. The number of hydrogen-bond donors (Lipinski definition) is 2. The largest absolute Gasteiger partial charge is 0.435 e. The number of alkyl halides is 3. The molecule has 0 unspecified atom stereocenters. The zero-order valence-electron chi connectivity index (χ0n) is 17.4. The van der Waals surface area contributed by atoms with Gasteiger partial charge in [-0.3, -0.25) is 4.79 Å². The molecule has 0 aliphatic heterocycles. The zero-order chi connectivity index (χ0) is 24.3. The number of urea groups is 1. The molecule has 0 saturated heterocycles. The first-order valence-electron chi connectivity index (χ1n) is 9.44. The van der Waals surface area contributed by atoms with E-state index >= 15 is 0 Å². The molecule has 1 heterocycles. The Kier molecular flexibility index (Phi) is 6.92. The van der Waals surface area contributed by atoms with Gasteiger partial charge in [-0.05, 0) is 42.5 Å². The van der Waals surface area contributed by atoms with E-state index in [-0.39, 0.29) is 29.2 Å².